The maximum absolute atomic E-state index is 13.6. The third kappa shape index (κ3) is 4.61. The van der Waals surface area contributed by atoms with Gasteiger partial charge in [0.05, 0.1) is 32.7 Å². The number of nitrogens with zero attached hydrogens (tertiary/aromatic N) is 2. The molecule has 1 fully saturated rings. The van der Waals surface area contributed by atoms with Gasteiger partial charge in [-0.25, -0.2) is 0 Å². The van der Waals surface area contributed by atoms with Gasteiger partial charge in [0, 0.05) is 0 Å². The number of methoxy groups -OCH3 is 3. The highest BCUT2D eigenvalue weighted by Crippen LogP contribution is 2.32. The predicted octanol–water partition coefficient (Wildman–Crippen LogP) is 4.77. The summed E-state index contributed by atoms with van der Waals surface area (Å²) in [6.45, 7) is 1.92. The Labute approximate surface area is 209 Å². The van der Waals surface area contributed by atoms with Crippen LogP contribution >= 0.6 is 12.2 Å². The maximum Gasteiger partial charge on any atom is 0.270 e. The van der Waals surface area contributed by atoms with Gasteiger partial charge in [-0.15, -0.1) is 0 Å². The number of thiocarbonyl (C=S) groups is 1. The Morgan fingerprint density at radius 3 is 1.63 bits per heavy atom. The highest BCUT2D eigenvalue weighted by molar-refractivity contribution is 7.81. The zero-order valence-corrected chi connectivity index (χ0v) is 20.6. The lowest BCUT2D eigenvalue weighted by molar-refractivity contribution is -0.120. The molecule has 0 bridgehead atoms. The molecule has 1 aliphatic rings. The Morgan fingerprint density at radius 2 is 1.20 bits per heavy atom. The largest absolute Gasteiger partial charge is 0.497 e. The minimum atomic E-state index is -0.519. The summed E-state index contributed by atoms with van der Waals surface area (Å²) in [5.74, 6) is 0.887. The molecule has 0 saturated carbocycles. The fraction of sp³-hybridized carbons (Fsp3) is 0.148. The number of amides is 2. The topological polar surface area (TPSA) is 68.3 Å². The number of carbonyl (C=O) groups is 2. The van der Waals surface area contributed by atoms with Crippen molar-refractivity contribution in [1.29, 1.82) is 0 Å². The van der Waals surface area contributed by atoms with E-state index in [0.717, 1.165) is 5.56 Å². The van der Waals surface area contributed by atoms with E-state index < -0.39 is 11.8 Å². The maximum atomic E-state index is 13.6. The van der Waals surface area contributed by atoms with Crippen molar-refractivity contribution < 1.29 is 23.8 Å². The molecule has 178 valence electrons. The third-order valence-electron chi connectivity index (χ3n) is 5.65. The van der Waals surface area contributed by atoms with Crippen molar-refractivity contribution in [1.82, 2.24) is 0 Å². The molecule has 35 heavy (non-hydrogen) atoms. The van der Waals surface area contributed by atoms with Crippen molar-refractivity contribution >= 4 is 46.6 Å². The molecule has 3 aromatic carbocycles. The first-order chi connectivity index (χ1) is 16.9. The molecule has 7 nitrogen and oxygen atoms in total. The molecule has 0 unspecified atom stereocenters. The van der Waals surface area contributed by atoms with Crippen LogP contribution in [0.2, 0.25) is 0 Å². The second kappa shape index (κ2) is 9.99. The number of hydrogen-bond donors (Lipinski definition) is 0. The normalized spacial score (nSPS) is 13.7. The van der Waals surface area contributed by atoms with Gasteiger partial charge in [0.2, 0.25) is 0 Å². The van der Waals surface area contributed by atoms with Crippen LogP contribution in [0.1, 0.15) is 11.1 Å². The summed E-state index contributed by atoms with van der Waals surface area (Å²) in [5.41, 5.74) is 2.59. The summed E-state index contributed by atoms with van der Waals surface area (Å²) in [7, 11) is 4.70. The van der Waals surface area contributed by atoms with E-state index in [9.17, 15) is 9.59 Å². The average molecular weight is 489 g/mol. The van der Waals surface area contributed by atoms with Crippen LogP contribution in [-0.4, -0.2) is 38.3 Å². The first kappa shape index (κ1) is 24.0. The number of ether oxygens (including phenoxy) is 3. The van der Waals surface area contributed by atoms with Crippen LogP contribution in [-0.2, 0) is 9.59 Å². The standard InChI is InChI=1S/C27H24N2O5S/c1-17-5-6-18(16-24(17)34-4)15-23-25(30)28(19-7-11-21(32-2)12-8-19)27(35)29(26(23)31)20-9-13-22(33-3)14-10-20/h5-16H,1-4H3. The van der Waals surface area contributed by atoms with Crippen molar-refractivity contribution in [2.75, 3.05) is 31.1 Å². The Hall–Kier alpha value is -4.17. The van der Waals surface area contributed by atoms with Crippen molar-refractivity contribution in [3.8, 4) is 17.2 Å². The third-order valence-corrected chi connectivity index (χ3v) is 6.02. The summed E-state index contributed by atoms with van der Waals surface area (Å²) in [5, 5.41) is 0.0500. The molecular weight excluding hydrogens is 464 g/mol. The van der Waals surface area contributed by atoms with Crippen molar-refractivity contribution in [3.05, 3.63) is 83.4 Å². The smallest absolute Gasteiger partial charge is 0.270 e. The van der Waals surface area contributed by atoms with E-state index in [-0.39, 0.29) is 10.7 Å². The van der Waals surface area contributed by atoms with E-state index in [1.165, 1.54) is 9.80 Å². The second-order valence-corrected chi connectivity index (χ2v) is 8.11. The number of anilines is 2. The summed E-state index contributed by atoms with van der Waals surface area (Å²) in [6, 6.07) is 19.3. The van der Waals surface area contributed by atoms with E-state index in [2.05, 4.69) is 0 Å². The molecule has 1 aliphatic heterocycles. The van der Waals surface area contributed by atoms with Crippen molar-refractivity contribution in [2.45, 2.75) is 6.92 Å². The highest BCUT2D eigenvalue weighted by atomic mass is 32.1. The number of benzene rings is 3. The van der Waals surface area contributed by atoms with E-state index >= 15 is 0 Å². The fourth-order valence-corrected chi connectivity index (χ4v) is 4.12. The monoisotopic (exact) mass is 488 g/mol. The van der Waals surface area contributed by atoms with Crippen LogP contribution < -0.4 is 24.0 Å². The Morgan fingerprint density at radius 1 is 0.714 bits per heavy atom. The lowest BCUT2D eigenvalue weighted by atomic mass is 10.0. The molecule has 0 N–H and O–H groups in total. The van der Waals surface area contributed by atoms with Gasteiger partial charge in [0.1, 0.15) is 22.8 Å². The number of aryl methyl sites for hydroxylation is 1. The van der Waals surface area contributed by atoms with Gasteiger partial charge in [-0.2, -0.15) is 0 Å². The van der Waals surface area contributed by atoms with Crippen molar-refractivity contribution in [3.63, 3.8) is 0 Å². The van der Waals surface area contributed by atoms with E-state index in [4.69, 9.17) is 26.4 Å². The molecule has 0 aliphatic carbocycles. The van der Waals surface area contributed by atoms with E-state index in [1.54, 1.807) is 82.0 Å². The van der Waals surface area contributed by atoms with Gasteiger partial charge >= 0.3 is 0 Å². The molecule has 4 rings (SSSR count). The highest BCUT2D eigenvalue weighted by Gasteiger charge is 2.41. The predicted molar refractivity (Wildman–Crippen MR) is 139 cm³/mol. The van der Waals surface area contributed by atoms with Gasteiger partial charge < -0.3 is 14.2 Å². The van der Waals surface area contributed by atoms with Crippen LogP contribution in [0.4, 0.5) is 11.4 Å². The van der Waals surface area contributed by atoms with Gasteiger partial charge in [-0.3, -0.25) is 19.4 Å². The quantitative estimate of drug-likeness (QED) is 0.283. The molecule has 3 aromatic rings. The number of carbonyl (C=O) groups excluding carboxylic acids is 2. The lowest BCUT2D eigenvalue weighted by Crippen LogP contribution is -2.56. The molecule has 2 amide bonds. The minimum Gasteiger partial charge on any atom is -0.497 e. The first-order valence-electron chi connectivity index (χ1n) is 10.7. The molecule has 8 heteroatoms. The average Bonchev–Trinajstić information content (AvgIpc) is 2.88. The Balaban J connectivity index is 1.85. The van der Waals surface area contributed by atoms with Crippen LogP contribution in [0, 0.1) is 6.92 Å². The minimum absolute atomic E-state index is 0.0313. The second-order valence-electron chi connectivity index (χ2n) is 7.75. The summed E-state index contributed by atoms with van der Waals surface area (Å²) < 4.78 is 15.9. The van der Waals surface area contributed by atoms with Crippen LogP contribution in [0.3, 0.4) is 0 Å². The zero-order chi connectivity index (χ0) is 25.1. The van der Waals surface area contributed by atoms with E-state index in [0.29, 0.717) is 34.2 Å². The summed E-state index contributed by atoms with van der Waals surface area (Å²) >= 11 is 5.66. The summed E-state index contributed by atoms with van der Waals surface area (Å²) in [4.78, 5) is 30.0. The molecule has 1 saturated heterocycles. The Bertz CT molecular complexity index is 1240. The van der Waals surface area contributed by atoms with Gasteiger partial charge in [-0.1, -0.05) is 12.1 Å². The van der Waals surface area contributed by atoms with Crippen LogP contribution in [0.5, 0.6) is 17.2 Å². The molecule has 0 radical (unpaired) electrons. The van der Waals surface area contributed by atoms with E-state index in [1.807, 2.05) is 19.1 Å². The number of hydrogen-bond acceptors (Lipinski definition) is 6. The molecule has 0 spiro atoms. The first-order valence-corrected chi connectivity index (χ1v) is 11.2. The molecule has 0 aromatic heterocycles. The van der Waals surface area contributed by atoms with Crippen LogP contribution in [0.15, 0.2) is 72.3 Å². The Kier molecular flexibility index (Phi) is 6.84. The lowest BCUT2D eigenvalue weighted by Gasteiger charge is -2.36. The molecule has 0 atom stereocenters. The molecule has 1 heterocycles. The van der Waals surface area contributed by atoms with Crippen LogP contribution in [0.25, 0.3) is 6.08 Å². The zero-order valence-electron chi connectivity index (χ0n) is 19.8. The van der Waals surface area contributed by atoms with Gasteiger partial charge in [-0.05, 0) is 90.9 Å². The van der Waals surface area contributed by atoms with Gasteiger partial charge in [0.15, 0.2) is 5.11 Å². The molecular formula is C27H24N2O5S. The number of rotatable bonds is 6. The fourth-order valence-electron chi connectivity index (χ4n) is 3.74. The van der Waals surface area contributed by atoms with Gasteiger partial charge in [0.25, 0.3) is 11.8 Å². The SMILES string of the molecule is COc1ccc(N2C(=O)C(=Cc3ccc(C)c(OC)c3)C(=O)N(c3ccc(OC)cc3)C2=S)cc1. The van der Waals surface area contributed by atoms with Crippen molar-refractivity contribution in [2.24, 2.45) is 0 Å². The summed E-state index contributed by atoms with van der Waals surface area (Å²) in [6.07, 6.45) is 1.56.